The van der Waals surface area contributed by atoms with Crippen LogP contribution in [-0.4, -0.2) is 36.2 Å². The van der Waals surface area contributed by atoms with Gasteiger partial charge in [-0.15, -0.1) is 0 Å². The number of nitrogens with one attached hydrogen (secondary N) is 1. The molecular formula is C12H23NO4. The lowest BCUT2D eigenvalue weighted by molar-refractivity contribution is -0.158. The summed E-state index contributed by atoms with van der Waals surface area (Å²) in [5, 5.41) is 2.52. The van der Waals surface area contributed by atoms with Gasteiger partial charge >= 0.3 is 5.97 Å². The minimum atomic E-state index is -0.669. The van der Waals surface area contributed by atoms with E-state index in [-0.39, 0.29) is 18.6 Å². The van der Waals surface area contributed by atoms with Crippen molar-refractivity contribution in [1.82, 2.24) is 5.32 Å². The molecule has 1 N–H and O–H groups in total. The van der Waals surface area contributed by atoms with Gasteiger partial charge in [-0.1, -0.05) is 0 Å². The fourth-order valence-electron chi connectivity index (χ4n) is 0.975. The SMILES string of the molecule is CC(C)OCC(=O)N[C@@H](C)C(=O)OC(C)(C)C. The Balaban J connectivity index is 4.04. The normalized spacial score (nSPS) is 13.4. The van der Waals surface area contributed by atoms with Crippen LogP contribution in [0.5, 0.6) is 0 Å². The molecule has 5 nitrogen and oxygen atoms in total. The molecule has 0 heterocycles. The molecule has 0 unspecified atom stereocenters. The van der Waals surface area contributed by atoms with Crippen LogP contribution in [0.4, 0.5) is 0 Å². The first-order valence-corrected chi connectivity index (χ1v) is 5.75. The van der Waals surface area contributed by atoms with Crippen LogP contribution in [0.25, 0.3) is 0 Å². The van der Waals surface area contributed by atoms with Gasteiger partial charge in [-0.3, -0.25) is 4.79 Å². The Hall–Kier alpha value is -1.10. The van der Waals surface area contributed by atoms with Crippen LogP contribution in [-0.2, 0) is 19.1 Å². The first-order chi connectivity index (χ1) is 7.61. The molecule has 0 aromatic rings. The smallest absolute Gasteiger partial charge is 0.328 e. The van der Waals surface area contributed by atoms with Crippen LogP contribution in [0, 0.1) is 0 Å². The number of hydrogen-bond acceptors (Lipinski definition) is 4. The first-order valence-electron chi connectivity index (χ1n) is 5.75. The van der Waals surface area contributed by atoms with Crippen molar-refractivity contribution in [3.63, 3.8) is 0 Å². The summed E-state index contributed by atoms with van der Waals surface area (Å²) in [6.07, 6.45) is -0.0161. The van der Waals surface area contributed by atoms with Crippen molar-refractivity contribution in [3.8, 4) is 0 Å². The van der Waals surface area contributed by atoms with Gasteiger partial charge in [-0.2, -0.15) is 0 Å². The number of rotatable bonds is 5. The first kappa shape index (κ1) is 15.9. The van der Waals surface area contributed by atoms with Gasteiger partial charge in [0, 0.05) is 0 Å². The highest BCUT2D eigenvalue weighted by Gasteiger charge is 2.22. The molecule has 1 amide bonds. The molecular weight excluding hydrogens is 222 g/mol. The van der Waals surface area contributed by atoms with Crippen LogP contribution < -0.4 is 5.32 Å². The number of esters is 1. The van der Waals surface area contributed by atoms with Crippen LogP contribution in [0.3, 0.4) is 0 Å². The van der Waals surface area contributed by atoms with Gasteiger partial charge < -0.3 is 14.8 Å². The molecule has 0 spiro atoms. The summed E-state index contributed by atoms with van der Waals surface area (Å²) in [6, 6.07) is -0.669. The van der Waals surface area contributed by atoms with E-state index in [0.717, 1.165) is 0 Å². The number of hydrogen-bond donors (Lipinski definition) is 1. The summed E-state index contributed by atoms with van der Waals surface area (Å²) >= 11 is 0. The Morgan fingerprint density at radius 1 is 1.18 bits per heavy atom. The summed E-state index contributed by atoms with van der Waals surface area (Å²) in [6.45, 7) is 10.5. The van der Waals surface area contributed by atoms with E-state index >= 15 is 0 Å². The molecule has 0 aliphatic carbocycles. The molecule has 0 aliphatic rings. The zero-order valence-electron chi connectivity index (χ0n) is 11.5. The van der Waals surface area contributed by atoms with E-state index in [4.69, 9.17) is 9.47 Å². The van der Waals surface area contributed by atoms with Crippen LogP contribution >= 0.6 is 0 Å². The third-order valence-electron chi connectivity index (χ3n) is 1.69. The number of carbonyl (C=O) groups excluding carboxylic acids is 2. The summed E-state index contributed by atoms with van der Waals surface area (Å²) in [5.74, 6) is -0.771. The lowest BCUT2D eigenvalue weighted by Crippen LogP contribution is -2.43. The van der Waals surface area contributed by atoms with Gasteiger partial charge in [-0.25, -0.2) is 4.79 Å². The van der Waals surface area contributed by atoms with E-state index in [0.29, 0.717) is 0 Å². The lowest BCUT2D eigenvalue weighted by atomic mass is 10.2. The van der Waals surface area contributed by atoms with Crippen LogP contribution in [0.1, 0.15) is 41.5 Å². The van der Waals surface area contributed by atoms with Crippen molar-refractivity contribution in [2.45, 2.75) is 59.3 Å². The lowest BCUT2D eigenvalue weighted by Gasteiger charge is -2.22. The molecule has 1 atom stereocenters. The van der Waals surface area contributed by atoms with Gasteiger partial charge in [0.15, 0.2) is 0 Å². The number of carbonyl (C=O) groups is 2. The van der Waals surface area contributed by atoms with Gasteiger partial charge in [0.1, 0.15) is 18.2 Å². The molecule has 0 aliphatic heterocycles. The molecule has 0 aromatic heterocycles. The topological polar surface area (TPSA) is 64.6 Å². The molecule has 5 heteroatoms. The minimum Gasteiger partial charge on any atom is -0.458 e. The Bertz CT molecular complexity index is 268. The Morgan fingerprint density at radius 3 is 2.12 bits per heavy atom. The summed E-state index contributed by atoms with van der Waals surface area (Å²) < 4.78 is 10.3. The molecule has 0 aromatic carbocycles. The third-order valence-corrected chi connectivity index (χ3v) is 1.69. The average Bonchev–Trinajstić information content (AvgIpc) is 2.11. The zero-order valence-corrected chi connectivity index (χ0v) is 11.5. The summed E-state index contributed by atoms with van der Waals surface area (Å²) in [5.41, 5.74) is -0.551. The molecule has 100 valence electrons. The second-order valence-electron chi connectivity index (χ2n) is 5.18. The maximum Gasteiger partial charge on any atom is 0.328 e. The zero-order chi connectivity index (χ0) is 13.6. The van der Waals surface area contributed by atoms with E-state index in [1.165, 1.54) is 0 Å². The Morgan fingerprint density at radius 2 is 1.71 bits per heavy atom. The largest absolute Gasteiger partial charge is 0.458 e. The fraction of sp³-hybridized carbons (Fsp3) is 0.833. The second kappa shape index (κ2) is 6.59. The van der Waals surface area contributed by atoms with E-state index in [1.54, 1.807) is 27.7 Å². The van der Waals surface area contributed by atoms with Crippen molar-refractivity contribution >= 4 is 11.9 Å². The fourth-order valence-corrected chi connectivity index (χ4v) is 0.975. The summed E-state index contributed by atoms with van der Waals surface area (Å²) in [4.78, 5) is 22.9. The number of amides is 1. The van der Waals surface area contributed by atoms with Crippen LogP contribution in [0.15, 0.2) is 0 Å². The highest BCUT2D eigenvalue weighted by molar-refractivity contribution is 5.84. The van der Waals surface area contributed by atoms with E-state index in [9.17, 15) is 9.59 Å². The quantitative estimate of drug-likeness (QED) is 0.741. The number of ether oxygens (including phenoxy) is 2. The second-order valence-corrected chi connectivity index (χ2v) is 5.18. The predicted molar refractivity (Wildman–Crippen MR) is 64.5 cm³/mol. The van der Waals surface area contributed by atoms with Crippen molar-refractivity contribution in [1.29, 1.82) is 0 Å². The molecule has 0 rings (SSSR count). The maximum atomic E-state index is 11.6. The minimum absolute atomic E-state index is 0.0161. The van der Waals surface area contributed by atoms with Crippen molar-refractivity contribution in [3.05, 3.63) is 0 Å². The molecule has 0 saturated heterocycles. The molecule has 17 heavy (non-hydrogen) atoms. The van der Waals surface area contributed by atoms with Crippen molar-refractivity contribution < 1.29 is 19.1 Å². The Labute approximate surface area is 103 Å². The maximum absolute atomic E-state index is 11.6. The molecule has 0 radical (unpaired) electrons. The van der Waals surface area contributed by atoms with E-state index < -0.39 is 17.6 Å². The Kier molecular flexibility index (Phi) is 6.16. The van der Waals surface area contributed by atoms with E-state index in [1.807, 2.05) is 13.8 Å². The molecule has 0 saturated carbocycles. The monoisotopic (exact) mass is 245 g/mol. The van der Waals surface area contributed by atoms with Crippen LogP contribution in [0.2, 0.25) is 0 Å². The van der Waals surface area contributed by atoms with Gasteiger partial charge in [0.05, 0.1) is 6.10 Å². The standard InChI is InChI=1S/C12H23NO4/c1-8(2)16-7-10(14)13-9(3)11(15)17-12(4,5)6/h8-9H,7H2,1-6H3,(H,13,14)/t9-/m0/s1. The van der Waals surface area contributed by atoms with Gasteiger partial charge in [-0.05, 0) is 41.5 Å². The van der Waals surface area contributed by atoms with E-state index in [2.05, 4.69) is 5.32 Å². The highest BCUT2D eigenvalue weighted by atomic mass is 16.6. The summed E-state index contributed by atoms with van der Waals surface area (Å²) in [7, 11) is 0. The predicted octanol–water partition coefficient (Wildman–Crippen LogP) is 1.26. The third kappa shape index (κ3) is 8.68. The molecule has 0 bridgehead atoms. The average molecular weight is 245 g/mol. The highest BCUT2D eigenvalue weighted by Crippen LogP contribution is 2.08. The van der Waals surface area contributed by atoms with Crippen molar-refractivity contribution in [2.24, 2.45) is 0 Å². The molecule has 0 fully saturated rings. The van der Waals surface area contributed by atoms with Gasteiger partial charge in [0.25, 0.3) is 0 Å². The van der Waals surface area contributed by atoms with Crippen molar-refractivity contribution in [2.75, 3.05) is 6.61 Å². The van der Waals surface area contributed by atoms with Gasteiger partial charge in [0.2, 0.25) is 5.91 Å².